The van der Waals surface area contributed by atoms with Crippen LogP contribution in [0, 0.1) is 11.3 Å². The van der Waals surface area contributed by atoms with Crippen molar-refractivity contribution >= 4 is 28.0 Å². The number of hydrogen-bond donors (Lipinski definition) is 2. The summed E-state index contributed by atoms with van der Waals surface area (Å²) in [5.41, 5.74) is 6.84. The molecule has 3 rings (SSSR count). The number of rotatable bonds is 2. The lowest BCUT2D eigenvalue weighted by Crippen LogP contribution is -2.05. The topological polar surface area (TPSA) is 74.7 Å². The van der Waals surface area contributed by atoms with Crippen LogP contribution in [0.5, 0.6) is 0 Å². The van der Waals surface area contributed by atoms with Gasteiger partial charge < -0.3 is 11.1 Å². The predicted octanol–water partition coefficient (Wildman–Crippen LogP) is 4.45. The summed E-state index contributed by atoms with van der Waals surface area (Å²) < 4.78 is 38.6. The fourth-order valence-electron chi connectivity index (χ4n) is 2.35. The molecule has 24 heavy (non-hydrogen) atoms. The van der Waals surface area contributed by atoms with Gasteiger partial charge in [-0.15, -0.1) is 0 Å². The number of pyridine rings is 1. The number of nitrogens with two attached hydrogens (primary N) is 1. The third kappa shape index (κ3) is 2.94. The van der Waals surface area contributed by atoms with E-state index in [1.54, 1.807) is 18.2 Å². The van der Waals surface area contributed by atoms with Crippen molar-refractivity contribution in [1.82, 2.24) is 4.98 Å². The third-order valence-corrected chi connectivity index (χ3v) is 3.47. The fourth-order valence-corrected chi connectivity index (χ4v) is 2.35. The van der Waals surface area contributed by atoms with Gasteiger partial charge in [0.15, 0.2) is 0 Å². The van der Waals surface area contributed by atoms with E-state index in [-0.39, 0.29) is 11.3 Å². The van der Waals surface area contributed by atoms with Crippen molar-refractivity contribution in [2.24, 2.45) is 0 Å². The van der Waals surface area contributed by atoms with Gasteiger partial charge in [-0.2, -0.15) is 18.4 Å². The number of nitrogens with one attached hydrogen (secondary N) is 1. The maximum Gasteiger partial charge on any atom is 0.416 e. The van der Waals surface area contributed by atoms with Crippen LogP contribution < -0.4 is 11.1 Å². The van der Waals surface area contributed by atoms with Crippen molar-refractivity contribution in [3.05, 3.63) is 59.8 Å². The lowest BCUT2D eigenvalue weighted by molar-refractivity contribution is -0.137. The molecule has 0 bridgehead atoms. The number of nitrogens with zero attached hydrogens (tertiary/aromatic N) is 2. The van der Waals surface area contributed by atoms with E-state index in [1.807, 2.05) is 6.07 Å². The average Bonchev–Trinajstić information content (AvgIpc) is 2.55. The van der Waals surface area contributed by atoms with Crippen molar-refractivity contribution in [2.45, 2.75) is 6.18 Å². The van der Waals surface area contributed by atoms with Gasteiger partial charge in [-0.05, 0) is 36.4 Å². The van der Waals surface area contributed by atoms with Crippen LogP contribution in [0.25, 0.3) is 10.9 Å². The summed E-state index contributed by atoms with van der Waals surface area (Å²) in [6, 6.07) is 11.7. The molecule has 2 aromatic carbocycles. The standard InChI is InChI=1S/C17H11F3N4/c18-17(19,20)11-2-1-3-13(6-11)24-16-10(8-21)9-23-15-5-4-12(22)7-14(15)16/h1-7,9H,22H2,(H,23,24). The van der Waals surface area contributed by atoms with Crippen LogP contribution >= 0.6 is 0 Å². The number of halogens is 3. The van der Waals surface area contributed by atoms with E-state index < -0.39 is 11.7 Å². The minimum Gasteiger partial charge on any atom is -0.399 e. The molecule has 0 atom stereocenters. The summed E-state index contributed by atoms with van der Waals surface area (Å²) in [4.78, 5) is 4.15. The van der Waals surface area contributed by atoms with Crippen LogP contribution in [-0.2, 0) is 6.18 Å². The van der Waals surface area contributed by atoms with Gasteiger partial charge in [-0.1, -0.05) is 6.07 Å². The van der Waals surface area contributed by atoms with Gasteiger partial charge in [0, 0.05) is 23.0 Å². The Morgan fingerprint density at radius 2 is 1.92 bits per heavy atom. The highest BCUT2D eigenvalue weighted by Gasteiger charge is 2.30. The second-order valence-electron chi connectivity index (χ2n) is 5.14. The number of anilines is 3. The molecular weight excluding hydrogens is 317 g/mol. The van der Waals surface area contributed by atoms with E-state index in [9.17, 15) is 18.4 Å². The van der Waals surface area contributed by atoms with Crippen LogP contribution in [0.3, 0.4) is 0 Å². The van der Waals surface area contributed by atoms with E-state index in [2.05, 4.69) is 10.3 Å². The molecule has 1 heterocycles. The van der Waals surface area contributed by atoms with Crippen molar-refractivity contribution in [3.63, 3.8) is 0 Å². The Morgan fingerprint density at radius 3 is 2.62 bits per heavy atom. The number of fused-ring (bicyclic) bond motifs is 1. The Morgan fingerprint density at radius 1 is 1.12 bits per heavy atom. The van der Waals surface area contributed by atoms with Crippen molar-refractivity contribution in [2.75, 3.05) is 11.1 Å². The first kappa shape index (κ1) is 15.6. The minimum atomic E-state index is -4.44. The molecule has 7 heteroatoms. The highest BCUT2D eigenvalue weighted by Crippen LogP contribution is 2.34. The van der Waals surface area contributed by atoms with Gasteiger partial charge >= 0.3 is 6.18 Å². The first-order valence-electron chi connectivity index (χ1n) is 6.91. The van der Waals surface area contributed by atoms with Crippen LogP contribution in [-0.4, -0.2) is 4.98 Å². The molecule has 0 spiro atoms. The van der Waals surface area contributed by atoms with Gasteiger partial charge in [0.2, 0.25) is 0 Å². The molecule has 0 amide bonds. The van der Waals surface area contributed by atoms with E-state index in [1.165, 1.54) is 18.3 Å². The Hall–Kier alpha value is -3.27. The Balaban J connectivity index is 2.13. The number of aromatic nitrogens is 1. The van der Waals surface area contributed by atoms with E-state index >= 15 is 0 Å². The van der Waals surface area contributed by atoms with Crippen molar-refractivity contribution < 1.29 is 13.2 Å². The van der Waals surface area contributed by atoms with Crippen LogP contribution in [0.15, 0.2) is 48.7 Å². The molecule has 4 nitrogen and oxygen atoms in total. The predicted molar refractivity (Wildman–Crippen MR) is 85.6 cm³/mol. The fraction of sp³-hybridized carbons (Fsp3) is 0.0588. The molecule has 0 unspecified atom stereocenters. The van der Waals surface area contributed by atoms with Gasteiger partial charge in [-0.25, -0.2) is 0 Å². The monoisotopic (exact) mass is 328 g/mol. The number of nitriles is 1. The molecule has 120 valence electrons. The number of hydrogen-bond acceptors (Lipinski definition) is 4. The maximum atomic E-state index is 12.9. The molecule has 0 aliphatic heterocycles. The Labute approximate surface area is 135 Å². The normalized spacial score (nSPS) is 11.2. The summed E-state index contributed by atoms with van der Waals surface area (Å²) in [6.07, 6.45) is -3.07. The molecule has 1 aromatic heterocycles. The molecule has 3 N–H and O–H groups in total. The number of nitrogen functional groups attached to an aromatic ring is 1. The first-order chi connectivity index (χ1) is 11.4. The SMILES string of the molecule is N#Cc1cnc2ccc(N)cc2c1Nc1cccc(C(F)(F)F)c1. The smallest absolute Gasteiger partial charge is 0.399 e. The van der Waals surface area contributed by atoms with Gasteiger partial charge in [0.25, 0.3) is 0 Å². The molecule has 0 fully saturated rings. The van der Waals surface area contributed by atoms with E-state index in [4.69, 9.17) is 5.73 Å². The zero-order chi connectivity index (χ0) is 17.3. The number of alkyl halides is 3. The van der Waals surface area contributed by atoms with Crippen molar-refractivity contribution in [1.29, 1.82) is 5.26 Å². The van der Waals surface area contributed by atoms with E-state index in [0.29, 0.717) is 22.3 Å². The van der Waals surface area contributed by atoms with Crippen LogP contribution in [0.2, 0.25) is 0 Å². The quantitative estimate of drug-likeness (QED) is 0.682. The second-order valence-corrected chi connectivity index (χ2v) is 5.14. The first-order valence-corrected chi connectivity index (χ1v) is 6.91. The second kappa shape index (κ2) is 5.74. The summed E-state index contributed by atoms with van der Waals surface area (Å²) in [7, 11) is 0. The lowest BCUT2D eigenvalue weighted by atomic mass is 10.1. The lowest BCUT2D eigenvalue weighted by Gasteiger charge is -2.13. The molecule has 0 radical (unpaired) electrons. The molecule has 0 saturated heterocycles. The Kier molecular flexibility index (Phi) is 3.73. The summed E-state index contributed by atoms with van der Waals surface area (Å²) in [6.45, 7) is 0. The molecule has 0 aliphatic rings. The molecule has 3 aromatic rings. The summed E-state index contributed by atoms with van der Waals surface area (Å²) >= 11 is 0. The van der Waals surface area contributed by atoms with Gasteiger partial charge in [0.1, 0.15) is 6.07 Å². The molecule has 0 saturated carbocycles. The highest BCUT2D eigenvalue weighted by atomic mass is 19.4. The zero-order valence-corrected chi connectivity index (χ0v) is 12.2. The van der Waals surface area contributed by atoms with Crippen molar-refractivity contribution in [3.8, 4) is 6.07 Å². The van der Waals surface area contributed by atoms with E-state index in [0.717, 1.165) is 12.1 Å². The largest absolute Gasteiger partial charge is 0.416 e. The van der Waals surface area contributed by atoms with Crippen LogP contribution in [0.1, 0.15) is 11.1 Å². The molecular formula is C17H11F3N4. The maximum absolute atomic E-state index is 12.9. The Bertz CT molecular complexity index is 958. The van der Waals surface area contributed by atoms with Crippen LogP contribution in [0.4, 0.5) is 30.2 Å². The zero-order valence-electron chi connectivity index (χ0n) is 12.2. The average molecular weight is 328 g/mol. The molecule has 0 aliphatic carbocycles. The van der Waals surface area contributed by atoms with Gasteiger partial charge in [-0.3, -0.25) is 4.98 Å². The summed E-state index contributed by atoms with van der Waals surface area (Å²) in [5.74, 6) is 0. The van der Waals surface area contributed by atoms with Gasteiger partial charge in [0.05, 0.1) is 22.3 Å². The summed E-state index contributed by atoms with van der Waals surface area (Å²) in [5, 5.41) is 12.7. The third-order valence-electron chi connectivity index (χ3n) is 3.47. The number of benzene rings is 2. The minimum absolute atomic E-state index is 0.213. The highest BCUT2D eigenvalue weighted by molar-refractivity contribution is 5.97.